The van der Waals surface area contributed by atoms with E-state index in [0.29, 0.717) is 17.7 Å². The Morgan fingerprint density at radius 1 is 1.10 bits per heavy atom. The monoisotopic (exact) mass is 425 g/mol. The van der Waals surface area contributed by atoms with Gasteiger partial charge >= 0.3 is 6.18 Å². The molecule has 0 spiro atoms. The van der Waals surface area contributed by atoms with Crippen LogP contribution in [0.1, 0.15) is 53.0 Å². The molecule has 0 aliphatic carbocycles. The normalized spacial score (nSPS) is 17.2. The number of carbonyl (C=O) groups is 1. The van der Waals surface area contributed by atoms with Crippen LogP contribution in [0.4, 0.5) is 17.6 Å². The van der Waals surface area contributed by atoms with Gasteiger partial charge < -0.3 is 4.90 Å². The second kappa shape index (κ2) is 8.33. The highest BCUT2D eigenvalue weighted by Crippen LogP contribution is 2.35. The Morgan fingerprint density at radius 2 is 1.70 bits per heavy atom. The van der Waals surface area contributed by atoms with Crippen molar-refractivity contribution in [3.63, 3.8) is 0 Å². The number of halogens is 4. The van der Waals surface area contributed by atoms with E-state index in [4.69, 9.17) is 5.90 Å². The highest BCUT2D eigenvalue weighted by atomic mass is 19.4. The lowest BCUT2D eigenvalue weighted by atomic mass is 10.0. The Morgan fingerprint density at radius 3 is 2.27 bits per heavy atom. The van der Waals surface area contributed by atoms with Gasteiger partial charge in [0.05, 0.1) is 6.04 Å². The van der Waals surface area contributed by atoms with E-state index in [1.165, 1.54) is 19.2 Å². The van der Waals surface area contributed by atoms with Crippen LogP contribution in [0.2, 0.25) is 0 Å². The molecule has 1 heterocycles. The Balaban J connectivity index is 1.82. The molecule has 0 saturated heterocycles. The molecule has 0 bridgehead atoms. The molecule has 9 heteroatoms. The molecule has 0 fully saturated rings. The lowest BCUT2D eigenvalue weighted by molar-refractivity contribution is -0.270. The highest BCUT2D eigenvalue weighted by molar-refractivity contribution is 5.98. The number of nitrogens with zero attached hydrogens (tertiary/aromatic N) is 2. The number of rotatable bonds is 6. The van der Waals surface area contributed by atoms with Crippen LogP contribution in [0.25, 0.3) is 0 Å². The zero-order valence-electron chi connectivity index (χ0n) is 16.8. The average molecular weight is 425 g/mol. The van der Waals surface area contributed by atoms with E-state index < -0.39 is 18.4 Å². The van der Waals surface area contributed by atoms with Crippen LogP contribution >= 0.6 is 0 Å². The molecule has 1 amide bonds. The second-order valence-electron chi connectivity index (χ2n) is 7.45. The number of benzene rings is 2. The molecule has 162 valence electrons. The van der Waals surface area contributed by atoms with Gasteiger partial charge in [-0.15, -0.1) is 0 Å². The van der Waals surface area contributed by atoms with E-state index in [1.807, 2.05) is 6.92 Å². The van der Waals surface area contributed by atoms with E-state index >= 15 is 0 Å². The van der Waals surface area contributed by atoms with Crippen LogP contribution in [0, 0.1) is 5.82 Å². The Hall–Kier alpha value is -2.49. The number of hydrogen-bond acceptors (Lipinski definition) is 4. The van der Waals surface area contributed by atoms with E-state index in [1.54, 1.807) is 42.2 Å². The third kappa shape index (κ3) is 4.19. The summed E-state index contributed by atoms with van der Waals surface area (Å²) in [7, 11) is 1.26. The van der Waals surface area contributed by atoms with Crippen LogP contribution in [0.15, 0.2) is 42.5 Å². The largest absolute Gasteiger partial charge is 0.430 e. The van der Waals surface area contributed by atoms with Crippen LogP contribution < -0.4 is 5.90 Å². The molecular weight excluding hydrogens is 402 g/mol. The summed E-state index contributed by atoms with van der Waals surface area (Å²) in [6, 6.07) is 10.00. The summed E-state index contributed by atoms with van der Waals surface area (Å²) >= 11 is 0. The second-order valence-corrected chi connectivity index (χ2v) is 7.45. The summed E-state index contributed by atoms with van der Waals surface area (Å²) in [5.74, 6) is 4.28. The number of fused-ring (bicyclic) bond motifs is 1. The number of carbonyl (C=O) groups excluding carboxylic acids is 1. The van der Waals surface area contributed by atoms with Crippen LogP contribution in [0.5, 0.6) is 0 Å². The standard InChI is InChI=1S/C21H23F4N3O2/c1-12(27(3)20(30-26)21(23,24)25)15-4-5-16-11-28(19(29)18(16)10-15)13(2)14-6-8-17(22)9-7-14/h4-10,12-13,20H,11,26H2,1-3H3/t12?,13-,20?/m0/s1. The maximum Gasteiger partial charge on any atom is 0.430 e. The zero-order valence-corrected chi connectivity index (χ0v) is 16.8. The molecule has 2 N–H and O–H groups in total. The fourth-order valence-corrected chi connectivity index (χ4v) is 3.68. The quantitative estimate of drug-likeness (QED) is 0.426. The van der Waals surface area contributed by atoms with Crippen molar-refractivity contribution in [2.45, 2.75) is 44.9 Å². The van der Waals surface area contributed by atoms with Crippen LogP contribution in [-0.2, 0) is 11.4 Å². The highest BCUT2D eigenvalue weighted by Gasteiger charge is 2.45. The van der Waals surface area contributed by atoms with Crippen molar-refractivity contribution in [3.05, 3.63) is 70.5 Å². The van der Waals surface area contributed by atoms with E-state index in [9.17, 15) is 22.4 Å². The maximum absolute atomic E-state index is 13.2. The molecule has 0 aromatic heterocycles. The molecule has 3 rings (SSSR count). The molecule has 1 aliphatic heterocycles. The molecule has 5 nitrogen and oxygen atoms in total. The molecule has 3 atom stereocenters. The van der Waals surface area contributed by atoms with E-state index in [0.717, 1.165) is 16.0 Å². The summed E-state index contributed by atoms with van der Waals surface area (Å²) in [5, 5.41) is 0. The predicted octanol–water partition coefficient (Wildman–Crippen LogP) is 4.31. The van der Waals surface area contributed by atoms with Gasteiger partial charge in [0.15, 0.2) is 0 Å². The molecule has 2 aromatic carbocycles. The third-order valence-electron chi connectivity index (χ3n) is 5.66. The van der Waals surface area contributed by atoms with Crippen molar-refractivity contribution in [2.75, 3.05) is 7.05 Å². The lowest BCUT2D eigenvalue weighted by Gasteiger charge is -2.32. The van der Waals surface area contributed by atoms with Crippen molar-refractivity contribution < 1.29 is 27.2 Å². The Bertz CT molecular complexity index is 917. The molecule has 30 heavy (non-hydrogen) atoms. The first-order chi connectivity index (χ1) is 14.0. The fourth-order valence-electron chi connectivity index (χ4n) is 3.68. The number of nitrogens with two attached hydrogens (primary N) is 1. The van der Waals surface area contributed by atoms with E-state index in [2.05, 4.69) is 4.84 Å². The van der Waals surface area contributed by atoms with Crippen molar-refractivity contribution in [3.8, 4) is 0 Å². The van der Waals surface area contributed by atoms with E-state index in [-0.39, 0.29) is 17.8 Å². The summed E-state index contributed by atoms with van der Waals surface area (Å²) in [6.07, 6.45) is -6.93. The van der Waals surface area contributed by atoms with Gasteiger partial charge in [-0.25, -0.2) is 10.3 Å². The van der Waals surface area contributed by atoms with Gasteiger partial charge in [0.25, 0.3) is 5.91 Å². The minimum absolute atomic E-state index is 0.221. The first-order valence-electron chi connectivity index (χ1n) is 9.38. The topological polar surface area (TPSA) is 58.8 Å². The molecule has 0 saturated carbocycles. The van der Waals surface area contributed by atoms with Gasteiger partial charge in [0, 0.05) is 18.2 Å². The van der Waals surface area contributed by atoms with Gasteiger partial charge in [-0.05, 0) is 55.8 Å². The van der Waals surface area contributed by atoms with Gasteiger partial charge in [-0.3, -0.25) is 14.5 Å². The average Bonchev–Trinajstić information content (AvgIpc) is 3.03. The molecular formula is C21H23F4N3O2. The van der Waals surface area contributed by atoms with Crippen molar-refractivity contribution in [2.24, 2.45) is 5.90 Å². The van der Waals surface area contributed by atoms with Crippen molar-refractivity contribution in [1.82, 2.24) is 9.80 Å². The number of alkyl halides is 3. The summed E-state index contributed by atoms with van der Waals surface area (Å²) in [5.41, 5.74) is 2.56. The number of hydrogen-bond donors (Lipinski definition) is 1. The predicted molar refractivity (Wildman–Crippen MR) is 102 cm³/mol. The van der Waals surface area contributed by atoms with Gasteiger partial charge in [-0.2, -0.15) is 13.2 Å². The first kappa shape index (κ1) is 22.2. The molecule has 1 aliphatic rings. The molecule has 2 aromatic rings. The summed E-state index contributed by atoms with van der Waals surface area (Å²) in [6.45, 7) is 3.80. The minimum Gasteiger partial charge on any atom is -0.328 e. The first-order valence-corrected chi connectivity index (χ1v) is 9.38. The smallest absolute Gasteiger partial charge is 0.328 e. The Kier molecular flexibility index (Phi) is 6.16. The van der Waals surface area contributed by atoms with Gasteiger partial charge in [0.1, 0.15) is 5.82 Å². The van der Waals surface area contributed by atoms with Gasteiger partial charge in [-0.1, -0.05) is 24.3 Å². The van der Waals surface area contributed by atoms with Crippen molar-refractivity contribution >= 4 is 5.91 Å². The SMILES string of the molecule is CC(c1ccc2c(c1)C(=O)N([C@@H](C)c1ccc(F)cc1)C2)N(C)C(ON)C(F)(F)F. The molecule has 2 unspecified atom stereocenters. The maximum atomic E-state index is 13.2. The van der Waals surface area contributed by atoms with Crippen LogP contribution in [0.3, 0.4) is 0 Å². The summed E-state index contributed by atoms with van der Waals surface area (Å²) in [4.78, 5) is 19.7. The van der Waals surface area contributed by atoms with Gasteiger partial charge in [0.2, 0.25) is 6.23 Å². The minimum atomic E-state index is -4.66. The summed E-state index contributed by atoms with van der Waals surface area (Å²) < 4.78 is 52.6. The third-order valence-corrected chi connectivity index (χ3v) is 5.66. The fraction of sp³-hybridized carbons (Fsp3) is 0.381. The number of amides is 1. The lowest BCUT2D eigenvalue weighted by Crippen LogP contribution is -2.47. The molecule has 0 radical (unpaired) electrons. The van der Waals surface area contributed by atoms with Crippen LogP contribution in [-0.4, -0.2) is 35.2 Å². The van der Waals surface area contributed by atoms with Crippen molar-refractivity contribution in [1.29, 1.82) is 0 Å². The Labute approximate surface area is 172 Å². The zero-order chi connectivity index (χ0) is 22.2.